The summed E-state index contributed by atoms with van der Waals surface area (Å²) in [6.45, 7) is 1.45. The van der Waals surface area contributed by atoms with Crippen LogP contribution in [0.5, 0.6) is 5.88 Å². The van der Waals surface area contributed by atoms with Crippen molar-refractivity contribution in [1.29, 1.82) is 0 Å². The zero-order valence-corrected chi connectivity index (χ0v) is 11.9. The molecule has 0 radical (unpaired) electrons. The first-order chi connectivity index (χ1) is 8.81. The molecule has 2 fully saturated rings. The summed E-state index contributed by atoms with van der Waals surface area (Å²) >= 11 is 3.41. The molecule has 0 amide bonds. The highest BCUT2D eigenvalue weighted by molar-refractivity contribution is 9.10. The molecule has 1 saturated carbocycles. The number of nitrogens with zero attached hydrogens (tertiary/aromatic N) is 2. The summed E-state index contributed by atoms with van der Waals surface area (Å²) < 4.78 is 12.2. The Hall–Kier alpha value is -0.680. The molecule has 0 spiro atoms. The van der Waals surface area contributed by atoms with Gasteiger partial charge >= 0.3 is 0 Å². The van der Waals surface area contributed by atoms with E-state index in [-0.39, 0.29) is 6.10 Å². The first-order valence-electron chi connectivity index (χ1n) is 6.60. The first kappa shape index (κ1) is 12.4. The van der Waals surface area contributed by atoms with Gasteiger partial charge in [0.2, 0.25) is 5.88 Å². The molecule has 3 rings (SSSR count). The average molecular weight is 313 g/mol. The third-order valence-corrected chi connectivity index (χ3v) is 3.73. The molecule has 2 heterocycles. The van der Waals surface area contributed by atoms with Gasteiger partial charge in [-0.25, -0.2) is 4.98 Å². The van der Waals surface area contributed by atoms with Crippen molar-refractivity contribution >= 4 is 15.9 Å². The van der Waals surface area contributed by atoms with Gasteiger partial charge in [0.25, 0.3) is 0 Å². The van der Waals surface area contributed by atoms with Gasteiger partial charge in [-0.15, -0.1) is 0 Å². The van der Waals surface area contributed by atoms with Crippen LogP contribution in [0, 0.1) is 0 Å². The van der Waals surface area contributed by atoms with Gasteiger partial charge in [0.15, 0.2) is 0 Å². The van der Waals surface area contributed by atoms with Crippen LogP contribution >= 0.6 is 15.9 Å². The van der Waals surface area contributed by atoms with Crippen molar-refractivity contribution in [1.82, 2.24) is 9.97 Å². The summed E-state index contributed by atoms with van der Waals surface area (Å²) in [7, 11) is 0. The Kier molecular flexibility index (Phi) is 3.80. The standard InChI is InChI=1S/C13H17BrN2O2/c14-11-7-12(16-13(15-11)9-4-5-9)18-8-10-3-1-2-6-17-10/h7,9-10H,1-6,8H2. The fourth-order valence-electron chi connectivity index (χ4n) is 2.13. The van der Waals surface area contributed by atoms with Crippen molar-refractivity contribution in [2.24, 2.45) is 0 Å². The Morgan fingerprint density at radius 1 is 1.28 bits per heavy atom. The molecule has 1 saturated heterocycles. The average Bonchev–Trinajstić information content (AvgIpc) is 3.21. The third kappa shape index (κ3) is 3.20. The second-order valence-electron chi connectivity index (χ2n) is 4.96. The molecule has 98 valence electrons. The monoisotopic (exact) mass is 312 g/mol. The van der Waals surface area contributed by atoms with E-state index in [9.17, 15) is 0 Å². The molecule has 1 atom stereocenters. The Labute approximate surface area is 115 Å². The van der Waals surface area contributed by atoms with Crippen LogP contribution in [-0.2, 0) is 4.74 Å². The molecule has 4 nitrogen and oxygen atoms in total. The molecule has 1 aromatic heterocycles. The lowest BCUT2D eigenvalue weighted by molar-refractivity contribution is -0.0120. The lowest BCUT2D eigenvalue weighted by Crippen LogP contribution is -2.26. The van der Waals surface area contributed by atoms with E-state index in [1.807, 2.05) is 6.07 Å². The van der Waals surface area contributed by atoms with Gasteiger partial charge in [0, 0.05) is 18.6 Å². The third-order valence-electron chi connectivity index (χ3n) is 3.32. The number of aromatic nitrogens is 2. The largest absolute Gasteiger partial charge is 0.475 e. The van der Waals surface area contributed by atoms with Crippen LogP contribution in [0.1, 0.15) is 43.8 Å². The second kappa shape index (κ2) is 5.53. The minimum Gasteiger partial charge on any atom is -0.475 e. The van der Waals surface area contributed by atoms with E-state index in [0.29, 0.717) is 18.4 Å². The second-order valence-corrected chi connectivity index (χ2v) is 5.77. The minimum absolute atomic E-state index is 0.219. The molecule has 0 N–H and O–H groups in total. The molecule has 0 bridgehead atoms. The minimum atomic E-state index is 0.219. The van der Waals surface area contributed by atoms with Crippen LogP contribution < -0.4 is 4.74 Å². The summed E-state index contributed by atoms with van der Waals surface area (Å²) in [6, 6.07) is 1.83. The first-order valence-corrected chi connectivity index (χ1v) is 7.39. The number of hydrogen-bond acceptors (Lipinski definition) is 4. The van der Waals surface area contributed by atoms with Crippen LogP contribution in [0.3, 0.4) is 0 Å². The van der Waals surface area contributed by atoms with E-state index in [1.54, 1.807) is 0 Å². The van der Waals surface area contributed by atoms with Gasteiger partial charge in [-0.2, -0.15) is 4.98 Å². The molecular formula is C13H17BrN2O2. The van der Waals surface area contributed by atoms with Gasteiger partial charge in [-0.3, -0.25) is 0 Å². The summed E-state index contributed by atoms with van der Waals surface area (Å²) in [4.78, 5) is 8.85. The Balaban J connectivity index is 1.60. The zero-order chi connectivity index (χ0) is 12.4. The molecular weight excluding hydrogens is 296 g/mol. The summed E-state index contributed by atoms with van der Waals surface area (Å²) in [6.07, 6.45) is 6.10. The number of ether oxygens (including phenoxy) is 2. The van der Waals surface area contributed by atoms with Crippen molar-refractivity contribution in [2.45, 2.75) is 44.1 Å². The predicted molar refractivity (Wildman–Crippen MR) is 70.8 cm³/mol. The quantitative estimate of drug-likeness (QED) is 0.801. The van der Waals surface area contributed by atoms with Crippen molar-refractivity contribution in [3.05, 3.63) is 16.5 Å². The lowest BCUT2D eigenvalue weighted by atomic mass is 10.1. The van der Waals surface area contributed by atoms with E-state index in [4.69, 9.17) is 9.47 Å². The fraction of sp³-hybridized carbons (Fsp3) is 0.692. The Morgan fingerprint density at radius 2 is 2.17 bits per heavy atom. The smallest absolute Gasteiger partial charge is 0.217 e. The maximum Gasteiger partial charge on any atom is 0.217 e. The highest BCUT2D eigenvalue weighted by Gasteiger charge is 2.27. The van der Waals surface area contributed by atoms with Crippen molar-refractivity contribution in [3.63, 3.8) is 0 Å². The predicted octanol–water partition coefficient (Wildman–Crippen LogP) is 3.06. The van der Waals surface area contributed by atoms with Crippen molar-refractivity contribution < 1.29 is 9.47 Å². The maximum absolute atomic E-state index is 5.74. The Bertz CT molecular complexity index is 417. The Morgan fingerprint density at radius 3 is 2.89 bits per heavy atom. The van der Waals surface area contributed by atoms with Gasteiger partial charge in [0.05, 0.1) is 6.10 Å². The van der Waals surface area contributed by atoms with Crippen LogP contribution in [0.4, 0.5) is 0 Å². The van der Waals surface area contributed by atoms with E-state index < -0.39 is 0 Å². The SMILES string of the molecule is Brc1cc(OCC2CCCCO2)nc(C2CC2)n1. The topological polar surface area (TPSA) is 44.2 Å². The highest BCUT2D eigenvalue weighted by atomic mass is 79.9. The van der Waals surface area contributed by atoms with Crippen molar-refractivity contribution in [2.75, 3.05) is 13.2 Å². The van der Waals surface area contributed by atoms with Crippen LogP contribution in [0.25, 0.3) is 0 Å². The van der Waals surface area contributed by atoms with E-state index in [0.717, 1.165) is 23.5 Å². The molecule has 1 aliphatic heterocycles. The maximum atomic E-state index is 5.74. The molecule has 5 heteroatoms. The van der Waals surface area contributed by atoms with Crippen LogP contribution in [-0.4, -0.2) is 29.3 Å². The zero-order valence-electron chi connectivity index (χ0n) is 10.3. The summed E-state index contributed by atoms with van der Waals surface area (Å²) in [5.74, 6) is 2.10. The van der Waals surface area contributed by atoms with Crippen LogP contribution in [0.2, 0.25) is 0 Å². The van der Waals surface area contributed by atoms with Gasteiger partial charge in [0.1, 0.15) is 17.0 Å². The summed E-state index contributed by atoms with van der Waals surface area (Å²) in [5.41, 5.74) is 0. The van der Waals surface area contributed by atoms with Gasteiger partial charge in [-0.1, -0.05) is 0 Å². The molecule has 1 aliphatic carbocycles. The number of hydrogen-bond donors (Lipinski definition) is 0. The van der Waals surface area contributed by atoms with Crippen LogP contribution in [0.15, 0.2) is 10.7 Å². The van der Waals surface area contributed by atoms with E-state index >= 15 is 0 Å². The molecule has 1 unspecified atom stereocenters. The van der Waals surface area contributed by atoms with Gasteiger partial charge in [-0.05, 0) is 48.0 Å². The van der Waals surface area contributed by atoms with Crippen molar-refractivity contribution in [3.8, 4) is 5.88 Å². The molecule has 0 aromatic carbocycles. The molecule has 1 aromatic rings. The van der Waals surface area contributed by atoms with E-state index in [2.05, 4.69) is 25.9 Å². The number of halogens is 1. The summed E-state index contributed by atoms with van der Waals surface area (Å²) in [5, 5.41) is 0. The fourth-order valence-corrected chi connectivity index (χ4v) is 2.51. The lowest BCUT2D eigenvalue weighted by Gasteiger charge is -2.22. The van der Waals surface area contributed by atoms with E-state index in [1.165, 1.54) is 25.7 Å². The number of rotatable bonds is 4. The highest BCUT2D eigenvalue weighted by Crippen LogP contribution is 2.39. The molecule has 18 heavy (non-hydrogen) atoms. The van der Waals surface area contributed by atoms with Gasteiger partial charge < -0.3 is 9.47 Å². The normalized spacial score (nSPS) is 23.9. The molecule has 2 aliphatic rings.